The second kappa shape index (κ2) is 9.17. The molecule has 0 aromatic heterocycles. The van der Waals surface area contributed by atoms with Gasteiger partial charge in [-0.15, -0.1) is 0 Å². The first-order valence-corrected chi connectivity index (χ1v) is 11.2. The van der Waals surface area contributed by atoms with Crippen LogP contribution in [0, 0.1) is 0 Å². The van der Waals surface area contributed by atoms with Gasteiger partial charge in [0.2, 0.25) is 0 Å². The maximum atomic E-state index is 12.5. The Morgan fingerprint density at radius 2 is 1.64 bits per heavy atom. The van der Waals surface area contributed by atoms with Crippen molar-refractivity contribution < 1.29 is 9.53 Å². The molecule has 1 aliphatic carbocycles. The average Bonchev–Trinajstić information content (AvgIpc) is 2.69. The smallest absolute Gasteiger partial charge is 0.315 e. The van der Waals surface area contributed by atoms with E-state index in [1.165, 1.54) is 44.1 Å². The Balaban J connectivity index is 1.34. The van der Waals surface area contributed by atoms with Crippen LogP contribution in [-0.2, 0) is 6.54 Å². The van der Waals surface area contributed by atoms with Crippen LogP contribution in [0.3, 0.4) is 0 Å². The Labute approximate surface area is 169 Å². The summed E-state index contributed by atoms with van der Waals surface area (Å²) in [7, 11) is 1.75. The molecule has 154 valence electrons. The van der Waals surface area contributed by atoms with E-state index < -0.39 is 0 Å². The summed E-state index contributed by atoms with van der Waals surface area (Å²) in [6.45, 7) is 0.945. The number of amides is 2. The topological polar surface area (TPSA) is 53.6 Å². The van der Waals surface area contributed by atoms with Crippen LogP contribution in [0.5, 0.6) is 5.75 Å². The normalized spacial score (nSPS) is 28.5. The third-order valence-electron chi connectivity index (χ3n) is 6.95. The predicted octanol–water partition coefficient (Wildman–Crippen LogP) is 4.21. The minimum atomic E-state index is 0.0492. The Kier molecular flexibility index (Phi) is 6.40. The summed E-state index contributed by atoms with van der Waals surface area (Å²) in [4.78, 5) is 15.2. The second-order valence-electron chi connectivity index (χ2n) is 8.84. The van der Waals surface area contributed by atoms with Crippen LogP contribution < -0.4 is 15.4 Å². The van der Waals surface area contributed by atoms with Gasteiger partial charge in [0.05, 0.1) is 7.11 Å². The van der Waals surface area contributed by atoms with Crippen LogP contribution in [0.2, 0.25) is 0 Å². The molecular weight excluding hydrogens is 350 g/mol. The molecule has 1 aromatic rings. The van der Waals surface area contributed by atoms with Crippen LogP contribution in [0.1, 0.15) is 69.8 Å². The summed E-state index contributed by atoms with van der Waals surface area (Å²) < 4.78 is 5.56. The van der Waals surface area contributed by atoms with E-state index in [-0.39, 0.29) is 6.03 Å². The van der Waals surface area contributed by atoms with Crippen molar-refractivity contribution in [2.75, 3.05) is 7.11 Å². The quantitative estimate of drug-likeness (QED) is 0.798. The Morgan fingerprint density at radius 1 is 0.964 bits per heavy atom. The van der Waals surface area contributed by atoms with Crippen molar-refractivity contribution >= 4 is 6.03 Å². The number of fused-ring (bicyclic) bond motifs is 2. The molecule has 0 radical (unpaired) electrons. The molecule has 2 aliphatic heterocycles. The highest BCUT2D eigenvalue weighted by atomic mass is 16.5. The molecule has 5 nitrogen and oxygen atoms in total. The van der Waals surface area contributed by atoms with Gasteiger partial charge in [-0.2, -0.15) is 0 Å². The van der Waals surface area contributed by atoms with Crippen LogP contribution in [0.4, 0.5) is 4.79 Å². The minimum Gasteiger partial charge on any atom is -0.496 e. The number of methoxy groups -OCH3 is 1. The lowest BCUT2D eigenvalue weighted by atomic mass is 9.81. The molecule has 5 heteroatoms. The van der Waals surface area contributed by atoms with E-state index in [2.05, 4.69) is 33.7 Å². The number of hydrogen-bond acceptors (Lipinski definition) is 3. The van der Waals surface area contributed by atoms with E-state index >= 15 is 0 Å². The zero-order chi connectivity index (χ0) is 19.3. The summed E-state index contributed by atoms with van der Waals surface area (Å²) in [5.74, 6) is 0.979. The molecule has 28 heavy (non-hydrogen) atoms. The Bertz CT molecular complexity index is 645. The fourth-order valence-electron chi connectivity index (χ4n) is 5.54. The van der Waals surface area contributed by atoms with Gasteiger partial charge >= 0.3 is 6.03 Å². The van der Waals surface area contributed by atoms with Crippen LogP contribution in [0.25, 0.3) is 0 Å². The van der Waals surface area contributed by atoms with E-state index in [1.54, 1.807) is 7.11 Å². The lowest BCUT2D eigenvalue weighted by Crippen LogP contribution is -2.58. The molecule has 1 saturated carbocycles. The molecule has 2 saturated heterocycles. The standard InChI is InChI=1S/C23H35N3O2/c1-28-22-13-6-5-8-17(22)16-26-20-11-7-12-21(26)15-19(14-20)25-23(27)24-18-9-3-2-4-10-18/h5-6,8,13,18-21H,2-4,7,9-12,14-16H2,1H3,(H2,24,25,27). The summed E-state index contributed by atoms with van der Waals surface area (Å²) in [5.41, 5.74) is 1.27. The van der Waals surface area contributed by atoms with E-state index in [1.807, 2.05) is 6.07 Å². The van der Waals surface area contributed by atoms with Crippen LogP contribution >= 0.6 is 0 Å². The molecule has 2 atom stereocenters. The summed E-state index contributed by atoms with van der Waals surface area (Å²) in [5, 5.41) is 6.52. The van der Waals surface area contributed by atoms with Gasteiger partial charge in [0, 0.05) is 36.3 Å². The lowest BCUT2D eigenvalue weighted by Gasteiger charge is -2.49. The Morgan fingerprint density at radius 3 is 2.36 bits per heavy atom. The molecule has 3 fully saturated rings. The largest absolute Gasteiger partial charge is 0.496 e. The van der Waals surface area contributed by atoms with Gasteiger partial charge in [0.15, 0.2) is 0 Å². The van der Waals surface area contributed by atoms with Gasteiger partial charge in [-0.3, -0.25) is 4.90 Å². The van der Waals surface area contributed by atoms with Crippen molar-refractivity contribution in [3.8, 4) is 5.75 Å². The number of benzene rings is 1. The van der Waals surface area contributed by atoms with Crippen molar-refractivity contribution in [2.45, 2.75) is 94.9 Å². The zero-order valence-corrected chi connectivity index (χ0v) is 17.2. The lowest BCUT2D eigenvalue weighted by molar-refractivity contribution is 0.0191. The van der Waals surface area contributed by atoms with Crippen molar-refractivity contribution in [1.29, 1.82) is 0 Å². The molecule has 3 aliphatic rings. The Hall–Kier alpha value is -1.75. The highest BCUT2D eigenvalue weighted by Gasteiger charge is 2.39. The van der Waals surface area contributed by atoms with Crippen LogP contribution in [0.15, 0.2) is 24.3 Å². The monoisotopic (exact) mass is 385 g/mol. The van der Waals surface area contributed by atoms with E-state index in [9.17, 15) is 4.79 Å². The van der Waals surface area contributed by atoms with Gasteiger partial charge in [0.25, 0.3) is 0 Å². The van der Waals surface area contributed by atoms with Crippen LogP contribution in [-0.4, -0.2) is 42.2 Å². The van der Waals surface area contributed by atoms with Crippen molar-refractivity contribution in [3.05, 3.63) is 29.8 Å². The molecule has 2 N–H and O–H groups in total. The molecule has 2 unspecified atom stereocenters. The number of carbonyl (C=O) groups is 1. The number of ether oxygens (including phenoxy) is 1. The highest BCUT2D eigenvalue weighted by molar-refractivity contribution is 5.74. The minimum absolute atomic E-state index is 0.0492. The number of hydrogen-bond donors (Lipinski definition) is 2. The SMILES string of the molecule is COc1ccccc1CN1C2CCCC1CC(NC(=O)NC1CCCCC1)C2. The van der Waals surface area contributed by atoms with Crippen molar-refractivity contribution in [2.24, 2.45) is 0 Å². The number of para-hydroxylation sites is 1. The number of carbonyl (C=O) groups excluding carboxylic acids is 1. The van der Waals surface area contributed by atoms with Gasteiger partial charge in [-0.25, -0.2) is 4.79 Å². The molecule has 2 bridgehead atoms. The zero-order valence-electron chi connectivity index (χ0n) is 17.2. The van der Waals surface area contributed by atoms with Crippen molar-refractivity contribution in [1.82, 2.24) is 15.5 Å². The number of urea groups is 1. The van der Waals surface area contributed by atoms with E-state index in [4.69, 9.17) is 4.74 Å². The van der Waals surface area contributed by atoms with E-state index in [0.29, 0.717) is 24.2 Å². The molecule has 2 heterocycles. The summed E-state index contributed by atoms with van der Waals surface area (Å²) in [6.07, 6.45) is 12.0. The number of nitrogens with zero attached hydrogens (tertiary/aromatic N) is 1. The second-order valence-corrected chi connectivity index (χ2v) is 8.84. The molecule has 2 amide bonds. The third kappa shape index (κ3) is 4.62. The number of rotatable bonds is 5. The number of nitrogens with one attached hydrogen (secondary N) is 2. The highest BCUT2D eigenvalue weighted by Crippen LogP contribution is 2.36. The fraction of sp³-hybridized carbons (Fsp3) is 0.696. The molecule has 1 aromatic carbocycles. The van der Waals surface area contributed by atoms with Gasteiger partial charge in [0.1, 0.15) is 5.75 Å². The maximum absolute atomic E-state index is 12.5. The van der Waals surface area contributed by atoms with E-state index in [0.717, 1.165) is 38.0 Å². The first-order chi connectivity index (χ1) is 13.7. The molecule has 0 spiro atoms. The third-order valence-corrected chi connectivity index (χ3v) is 6.95. The first-order valence-electron chi connectivity index (χ1n) is 11.2. The average molecular weight is 386 g/mol. The molecular formula is C23H35N3O2. The number of piperidine rings is 2. The predicted molar refractivity (Wildman–Crippen MR) is 112 cm³/mol. The van der Waals surface area contributed by atoms with Crippen molar-refractivity contribution in [3.63, 3.8) is 0 Å². The van der Waals surface area contributed by atoms with Gasteiger partial charge in [-0.05, 0) is 44.6 Å². The fourth-order valence-corrected chi connectivity index (χ4v) is 5.54. The summed E-state index contributed by atoms with van der Waals surface area (Å²) >= 11 is 0. The van der Waals surface area contributed by atoms with Gasteiger partial charge < -0.3 is 15.4 Å². The first kappa shape index (κ1) is 19.6. The van der Waals surface area contributed by atoms with Gasteiger partial charge in [-0.1, -0.05) is 43.9 Å². The summed E-state index contributed by atoms with van der Waals surface area (Å²) in [6, 6.07) is 10.2. The molecule has 4 rings (SSSR count). The maximum Gasteiger partial charge on any atom is 0.315 e.